The van der Waals surface area contributed by atoms with Crippen LogP contribution in [0.5, 0.6) is 0 Å². The number of thiophene rings is 1. The Morgan fingerprint density at radius 3 is 2.62 bits per heavy atom. The summed E-state index contributed by atoms with van der Waals surface area (Å²) >= 11 is 0.721. The summed E-state index contributed by atoms with van der Waals surface area (Å²) in [4.78, 5) is 32.8. The van der Waals surface area contributed by atoms with Gasteiger partial charge in [0.25, 0.3) is 5.91 Å². The lowest BCUT2D eigenvalue weighted by atomic mass is 10.4. The molecule has 1 N–H and O–H groups in total. The van der Waals surface area contributed by atoms with Gasteiger partial charge in [0.1, 0.15) is 6.54 Å². The van der Waals surface area contributed by atoms with E-state index in [4.69, 9.17) is 5.11 Å². The first-order chi connectivity index (χ1) is 7.41. The summed E-state index contributed by atoms with van der Waals surface area (Å²) in [5.41, 5.74) is 0. The SMILES string of the molecule is CN(CC(=O)O)C(=O)c1ccc([N+](=O)[O-])s1. The van der Waals surface area contributed by atoms with Crippen molar-refractivity contribution in [2.45, 2.75) is 0 Å². The van der Waals surface area contributed by atoms with Crippen LogP contribution in [0.4, 0.5) is 5.00 Å². The number of hydrogen-bond acceptors (Lipinski definition) is 5. The van der Waals surface area contributed by atoms with Crippen molar-refractivity contribution in [1.29, 1.82) is 0 Å². The Kier molecular flexibility index (Phi) is 3.56. The Hall–Kier alpha value is -1.96. The van der Waals surface area contributed by atoms with Crippen molar-refractivity contribution in [2.75, 3.05) is 13.6 Å². The number of likely N-dealkylation sites (N-methyl/N-ethyl adjacent to an activating group) is 1. The molecule has 0 radical (unpaired) electrons. The minimum atomic E-state index is -1.14. The van der Waals surface area contributed by atoms with Crippen molar-refractivity contribution in [3.63, 3.8) is 0 Å². The van der Waals surface area contributed by atoms with Crippen LogP contribution in [0.25, 0.3) is 0 Å². The molecule has 0 spiro atoms. The first kappa shape index (κ1) is 12.1. The molecule has 0 aliphatic carbocycles. The van der Waals surface area contributed by atoms with Crippen molar-refractivity contribution >= 4 is 28.2 Å². The van der Waals surface area contributed by atoms with Gasteiger partial charge in [-0.2, -0.15) is 0 Å². The number of rotatable bonds is 4. The van der Waals surface area contributed by atoms with Crippen LogP contribution in [0, 0.1) is 10.1 Å². The summed E-state index contributed by atoms with van der Waals surface area (Å²) in [6.07, 6.45) is 0. The summed E-state index contributed by atoms with van der Waals surface area (Å²) in [6.45, 7) is -0.440. The lowest BCUT2D eigenvalue weighted by molar-refractivity contribution is -0.380. The molecule has 86 valence electrons. The highest BCUT2D eigenvalue weighted by atomic mass is 32.1. The van der Waals surface area contributed by atoms with Crippen LogP contribution in [0.3, 0.4) is 0 Å². The maximum Gasteiger partial charge on any atom is 0.324 e. The highest BCUT2D eigenvalue weighted by molar-refractivity contribution is 7.17. The molecule has 7 nitrogen and oxygen atoms in total. The van der Waals surface area contributed by atoms with E-state index in [1.54, 1.807) is 0 Å². The van der Waals surface area contributed by atoms with Gasteiger partial charge in [0.15, 0.2) is 0 Å². The first-order valence-electron chi connectivity index (χ1n) is 4.13. The molecule has 0 bridgehead atoms. The van der Waals surface area contributed by atoms with E-state index < -0.39 is 23.3 Å². The Morgan fingerprint density at radius 2 is 2.19 bits per heavy atom. The van der Waals surface area contributed by atoms with E-state index in [2.05, 4.69) is 0 Å². The van der Waals surface area contributed by atoms with Crippen molar-refractivity contribution in [2.24, 2.45) is 0 Å². The van der Waals surface area contributed by atoms with Crippen molar-refractivity contribution in [3.05, 3.63) is 27.1 Å². The highest BCUT2D eigenvalue weighted by Gasteiger charge is 2.19. The molecule has 0 saturated heterocycles. The monoisotopic (exact) mass is 244 g/mol. The van der Waals surface area contributed by atoms with Crippen LogP contribution < -0.4 is 0 Å². The number of carboxylic acid groups (broad SMARTS) is 1. The van der Waals surface area contributed by atoms with Gasteiger partial charge < -0.3 is 10.0 Å². The molecule has 0 aliphatic rings. The Morgan fingerprint density at radius 1 is 1.56 bits per heavy atom. The third-order valence-corrected chi connectivity index (χ3v) is 2.73. The molecule has 0 atom stereocenters. The van der Waals surface area contributed by atoms with E-state index in [-0.39, 0.29) is 9.88 Å². The molecule has 0 aromatic carbocycles. The molecular formula is C8H8N2O5S. The second-order valence-electron chi connectivity index (χ2n) is 2.95. The van der Waals surface area contributed by atoms with Crippen LogP contribution >= 0.6 is 11.3 Å². The third-order valence-electron chi connectivity index (χ3n) is 1.70. The molecule has 1 heterocycles. The maximum absolute atomic E-state index is 11.6. The standard InChI is InChI=1S/C8H8N2O5S/c1-9(4-7(11)12)8(13)5-2-3-6(16-5)10(14)15/h2-3H,4H2,1H3,(H,11,12). The molecule has 1 aromatic rings. The van der Waals surface area contributed by atoms with Gasteiger partial charge in [0.05, 0.1) is 9.80 Å². The summed E-state index contributed by atoms with van der Waals surface area (Å²) in [5, 5.41) is 18.7. The molecule has 1 rings (SSSR count). The van der Waals surface area contributed by atoms with Crippen LogP contribution in [-0.2, 0) is 4.79 Å². The number of aliphatic carboxylic acids is 1. The fraction of sp³-hybridized carbons (Fsp3) is 0.250. The molecule has 8 heteroatoms. The predicted octanol–water partition coefficient (Wildman–Crippen LogP) is 0.813. The second kappa shape index (κ2) is 4.71. The van der Waals surface area contributed by atoms with Gasteiger partial charge in [-0.05, 0) is 6.07 Å². The predicted molar refractivity (Wildman–Crippen MR) is 55.6 cm³/mol. The van der Waals surface area contributed by atoms with Gasteiger partial charge in [0, 0.05) is 13.1 Å². The van der Waals surface area contributed by atoms with E-state index in [0.29, 0.717) is 0 Å². The average molecular weight is 244 g/mol. The zero-order chi connectivity index (χ0) is 12.3. The highest BCUT2D eigenvalue weighted by Crippen LogP contribution is 2.24. The number of amides is 1. The lowest BCUT2D eigenvalue weighted by Gasteiger charge is -2.12. The van der Waals surface area contributed by atoms with E-state index in [9.17, 15) is 19.7 Å². The lowest BCUT2D eigenvalue weighted by Crippen LogP contribution is -2.31. The number of hydrogen-bond donors (Lipinski definition) is 1. The van der Waals surface area contributed by atoms with Gasteiger partial charge in [0.2, 0.25) is 0 Å². The molecule has 0 unspecified atom stereocenters. The summed E-state index contributed by atoms with van der Waals surface area (Å²) < 4.78 is 0. The second-order valence-corrected chi connectivity index (χ2v) is 4.01. The fourth-order valence-corrected chi connectivity index (χ4v) is 1.82. The average Bonchev–Trinajstić information content (AvgIpc) is 2.64. The number of carbonyl (C=O) groups excluding carboxylic acids is 1. The van der Waals surface area contributed by atoms with Crippen LogP contribution in [0.15, 0.2) is 12.1 Å². The van der Waals surface area contributed by atoms with E-state index >= 15 is 0 Å². The summed E-state index contributed by atoms with van der Waals surface area (Å²) in [7, 11) is 1.32. The zero-order valence-electron chi connectivity index (χ0n) is 8.24. The number of carbonyl (C=O) groups is 2. The van der Waals surface area contributed by atoms with Gasteiger partial charge in [-0.3, -0.25) is 19.7 Å². The molecule has 0 saturated carbocycles. The Balaban J connectivity index is 2.80. The van der Waals surface area contributed by atoms with Crippen molar-refractivity contribution in [3.8, 4) is 0 Å². The molecule has 0 aliphatic heterocycles. The molecule has 16 heavy (non-hydrogen) atoms. The summed E-state index contributed by atoms with van der Waals surface area (Å²) in [6, 6.07) is 2.52. The van der Waals surface area contributed by atoms with Gasteiger partial charge in [-0.15, -0.1) is 0 Å². The largest absolute Gasteiger partial charge is 0.480 e. The number of carboxylic acids is 1. The molecule has 0 fully saturated rings. The van der Waals surface area contributed by atoms with E-state index in [1.807, 2.05) is 0 Å². The van der Waals surface area contributed by atoms with Crippen LogP contribution in [-0.4, -0.2) is 40.4 Å². The van der Waals surface area contributed by atoms with Gasteiger partial charge >= 0.3 is 11.0 Å². The maximum atomic E-state index is 11.6. The minimum absolute atomic E-state index is 0.146. The first-order valence-corrected chi connectivity index (χ1v) is 4.95. The number of nitro groups is 1. The minimum Gasteiger partial charge on any atom is -0.480 e. The van der Waals surface area contributed by atoms with Crippen LogP contribution in [0.1, 0.15) is 9.67 Å². The third kappa shape index (κ3) is 2.76. The van der Waals surface area contributed by atoms with E-state index in [0.717, 1.165) is 16.2 Å². The quantitative estimate of drug-likeness (QED) is 0.624. The Bertz CT molecular complexity index is 441. The number of nitrogens with zero attached hydrogens (tertiary/aromatic N) is 2. The smallest absolute Gasteiger partial charge is 0.324 e. The van der Waals surface area contributed by atoms with Crippen molar-refractivity contribution < 1.29 is 19.6 Å². The molecule has 1 amide bonds. The van der Waals surface area contributed by atoms with E-state index in [1.165, 1.54) is 19.2 Å². The fourth-order valence-electron chi connectivity index (χ4n) is 1.00. The van der Waals surface area contributed by atoms with Crippen LogP contribution in [0.2, 0.25) is 0 Å². The van der Waals surface area contributed by atoms with Gasteiger partial charge in [-0.25, -0.2) is 0 Å². The molecular weight excluding hydrogens is 236 g/mol. The normalized spacial score (nSPS) is 9.81. The topological polar surface area (TPSA) is 101 Å². The summed E-state index contributed by atoms with van der Waals surface area (Å²) in [5.74, 6) is -1.68. The van der Waals surface area contributed by atoms with Gasteiger partial charge in [-0.1, -0.05) is 11.3 Å². The zero-order valence-corrected chi connectivity index (χ0v) is 9.06. The van der Waals surface area contributed by atoms with Crippen molar-refractivity contribution in [1.82, 2.24) is 4.90 Å². The Labute approximate surface area is 94.1 Å². The molecule has 1 aromatic heterocycles.